The molecule has 3 aromatic carbocycles. The zero-order valence-corrected chi connectivity index (χ0v) is 19.1. The first kappa shape index (κ1) is 19.5. The van der Waals surface area contributed by atoms with Gasteiger partial charge in [-0.2, -0.15) is 5.10 Å². The fourth-order valence-corrected chi connectivity index (χ4v) is 4.79. The van der Waals surface area contributed by atoms with Crippen LogP contribution in [0.3, 0.4) is 0 Å². The third-order valence-electron chi connectivity index (χ3n) is 5.58. The molecule has 0 N–H and O–H groups in total. The Bertz CT molecular complexity index is 1100. The van der Waals surface area contributed by atoms with Gasteiger partial charge in [-0.1, -0.05) is 28.1 Å². The molecule has 2 aliphatic rings. The Morgan fingerprint density at radius 2 is 1.83 bits per heavy atom. The normalized spacial score (nSPS) is 19.6. The fourth-order valence-electron chi connectivity index (χ4n) is 4.00. The molecule has 0 radical (unpaired) electrons. The molecule has 2 atom stereocenters. The molecule has 4 nitrogen and oxygen atoms in total. The van der Waals surface area contributed by atoms with E-state index in [0.29, 0.717) is 0 Å². The second-order valence-electron chi connectivity index (χ2n) is 7.30. The van der Waals surface area contributed by atoms with Crippen molar-refractivity contribution < 1.29 is 9.47 Å². The topological polar surface area (TPSA) is 34.1 Å². The van der Waals surface area contributed by atoms with E-state index in [1.165, 1.54) is 4.90 Å². The summed E-state index contributed by atoms with van der Waals surface area (Å²) >= 11 is 5.35. The number of nitrogens with zero attached hydrogens (tertiary/aromatic N) is 2. The van der Waals surface area contributed by atoms with E-state index >= 15 is 0 Å². The average Bonchev–Trinajstić information content (AvgIpc) is 3.24. The van der Waals surface area contributed by atoms with Gasteiger partial charge in [0.1, 0.15) is 11.5 Å². The molecule has 3 aromatic rings. The summed E-state index contributed by atoms with van der Waals surface area (Å²) in [5, 5.41) is 7.14. The number of fused-ring (bicyclic) bond motifs is 3. The maximum Gasteiger partial charge on any atom is 0.213 e. The van der Waals surface area contributed by atoms with Crippen LogP contribution < -0.4 is 9.47 Å². The molecule has 0 aliphatic carbocycles. The Balaban J connectivity index is 1.56. The molecular formula is C24H21BrN2O2S. The summed E-state index contributed by atoms with van der Waals surface area (Å²) in [6, 6.07) is 23.0. The largest absolute Gasteiger partial charge is 0.497 e. The number of methoxy groups -OCH3 is 1. The van der Waals surface area contributed by atoms with Gasteiger partial charge in [0.2, 0.25) is 6.23 Å². The zero-order valence-electron chi connectivity index (χ0n) is 16.7. The van der Waals surface area contributed by atoms with E-state index in [1.807, 2.05) is 24.3 Å². The van der Waals surface area contributed by atoms with Gasteiger partial charge in [0.05, 0.1) is 18.9 Å². The molecule has 0 spiro atoms. The van der Waals surface area contributed by atoms with Crippen molar-refractivity contribution >= 4 is 33.4 Å². The van der Waals surface area contributed by atoms with Crippen LogP contribution in [0.25, 0.3) is 0 Å². The van der Waals surface area contributed by atoms with Crippen molar-refractivity contribution in [3.8, 4) is 11.5 Å². The maximum absolute atomic E-state index is 6.45. The van der Waals surface area contributed by atoms with Gasteiger partial charge >= 0.3 is 0 Å². The van der Waals surface area contributed by atoms with Crippen LogP contribution in [0, 0.1) is 0 Å². The van der Waals surface area contributed by atoms with Crippen LogP contribution in [0.5, 0.6) is 11.5 Å². The molecule has 2 aliphatic heterocycles. The van der Waals surface area contributed by atoms with Gasteiger partial charge in [-0.15, -0.1) is 11.8 Å². The second-order valence-corrected chi connectivity index (χ2v) is 9.10. The van der Waals surface area contributed by atoms with Gasteiger partial charge in [-0.3, -0.25) is 0 Å². The fraction of sp³-hybridized carbons (Fsp3) is 0.208. The van der Waals surface area contributed by atoms with Crippen molar-refractivity contribution in [2.24, 2.45) is 5.10 Å². The molecule has 152 valence electrons. The quantitative estimate of drug-likeness (QED) is 0.403. The lowest BCUT2D eigenvalue weighted by Gasteiger charge is -2.38. The highest BCUT2D eigenvalue weighted by Gasteiger charge is 2.41. The monoisotopic (exact) mass is 480 g/mol. The van der Waals surface area contributed by atoms with Crippen LogP contribution in [0.2, 0.25) is 0 Å². The number of halogens is 1. The summed E-state index contributed by atoms with van der Waals surface area (Å²) in [5.74, 6) is 1.77. The van der Waals surface area contributed by atoms with Gasteiger partial charge in [0.25, 0.3) is 0 Å². The SMILES string of the molecule is COc1ccc(C2=NN3C(C2)c2cc(Br)ccc2OC3c2ccc(SC)cc2)cc1. The van der Waals surface area contributed by atoms with E-state index in [9.17, 15) is 0 Å². The van der Waals surface area contributed by atoms with Crippen molar-refractivity contribution in [2.75, 3.05) is 13.4 Å². The lowest BCUT2D eigenvalue weighted by molar-refractivity contribution is -0.0191. The Morgan fingerprint density at radius 3 is 2.53 bits per heavy atom. The van der Waals surface area contributed by atoms with E-state index < -0.39 is 0 Å². The van der Waals surface area contributed by atoms with Crippen molar-refractivity contribution in [3.63, 3.8) is 0 Å². The first-order chi connectivity index (χ1) is 14.7. The highest BCUT2D eigenvalue weighted by molar-refractivity contribution is 9.10. The first-order valence-electron chi connectivity index (χ1n) is 9.76. The third-order valence-corrected chi connectivity index (χ3v) is 6.81. The Hall–Kier alpha value is -2.44. The number of hydrazone groups is 1. The van der Waals surface area contributed by atoms with E-state index in [4.69, 9.17) is 14.6 Å². The summed E-state index contributed by atoms with van der Waals surface area (Å²) in [6.45, 7) is 0. The van der Waals surface area contributed by atoms with E-state index in [1.54, 1.807) is 18.9 Å². The van der Waals surface area contributed by atoms with Gasteiger partial charge < -0.3 is 9.47 Å². The van der Waals surface area contributed by atoms with Crippen molar-refractivity contribution in [2.45, 2.75) is 23.6 Å². The molecule has 0 saturated carbocycles. The lowest BCUT2D eigenvalue weighted by atomic mass is 9.96. The minimum absolute atomic E-state index is 0.133. The Morgan fingerprint density at radius 1 is 1.07 bits per heavy atom. The number of hydrogen-bond donors (Lipinski definition) is 0. The number of hydrogen-bond acceptors (Lipinski definition) is 5. The smallest absolute Gasteiger partial charge is 0.213 e. The Labute approximate surface area is 189 Å². The molecule has 0 fully saturated rings. The predicted octanol–water partition coefficient (Wildman–Crippen LogP) is 6.42. The van der Waals surface area contributed by atoms with E-state index in [0.717, 1.165) is 44.8 Å². The highest BCUT2D eigenvalue weighted by Crippen LogP contribution is 2.48. The minimum Gasteiger partial charge on any atom is -0.497 e. The second kappa shape index (κ2) is 8.00. The van der Waals surface area contributed by atoms with Crippen molar-refractivity contribution in [1.82, 2.24) is 5.01 Å². The average molecular weight is 481 g/mol. The molecule has 0 saturated heterocycles. The first-order valence-corrected chi connectivity index (χ1v) is 11.8. The van der Waals surface area contributed by atoms with Gasteiger partial charge in [-0.25, -0.2) is 5.01 Å². The van der Waals surface area contributed by atoms with Crippen molar-refractivity contribution in [1.29, 1.82) is 0 Å². The molecule has 2 unspecified atom stereocenters. The van der Waals surface area contributed by atoms with E-state index in [-0.39, 0.29) is 12.3 Å². The molecule has 30 heavy (non-hydrogen) atoms. The van der Waals surface area contributed by atoms with E-state index in [2.05, 4.69) is 69.7 Å². The maximum atomic E-state index is 6.45. The lowest BCUT2D eigenvalue weighted by Crippen LogP contribution is -2.33. The summed E-state index contributed by atoms with van der Waals surface area (Å²) < 4.78 is 12.8. The molecule has 2 heterocycles. The zero-order chi connectivity index (χ0) is 20.7. The third kappa shape index (κ3) is 3.48. The molecule has 0 bridgehead atoms. The Kier molecular flexibility index (Phi) is 5.21. The van der Waals surface area contributed by atoms with Gasteiger partial charge in [0, 0.05) is 26.9 Å². The number of thioether (sulfide) groups is 1. The summed E-state index contributed by atoms with van der Waals surface area (Å²) in [4.78, 5) is 1.24. The van der Waals surface area contributed by atoms with Crippen LogP contribution in [-0.2, 0) is 0 Å². The van der Waals surface area contributed by atoms with Gasteiger partial charge in [0.15, 0.2) is 0 Å². The summed E-state index contributed by atoms with van der Waals surface area (Å²) in [7, 11) is 1.68. The number of rotatable bonds is 4. The van der Waals surface area contributed by atoms with Crippen LogP contribution in [0.1, 0.15) is 35.4 Å². The molecule has 5 rings (SSSR count). The standard InChI is InChI=1S/C24H21BrN2O2S/c1-28-18-8-3-15(4-9-18)21-14-22-20-13-17(25)7-12-23(20)29-24(27(22)26-21)16-5-10-19(30-2)11-6-16/h3-13,22,24H,14H2,1-2H3. The van der Waals surface area contributed by atoms with Crippen molar-refractivity contribution in [3.05, 3.63) is 87.9 Å². The van der Waals surface area contributed by atoms with Crippen LogP contribution >= 0.6 is 27.7 Å². The van der Waals surface area contributed by atoms with Crippen LogP contribution in [0.4, 0.5) is 0 Å². The summed E-state index contributed by atoms with van der Waals surface area (Å²) in [5.41, 5.74) is 4.43. The predicted molar refractivity (Wildman–Crippen MR) is 124 cm³/mol. The molecular weight excluding hydrogens is 460 g/mol. The highest BCUT2D eigenvalue weighted by atomic mass is 79.9. The minimum atomic E-state index is -0.254. The molecule has 0 aromatic heterocycles. The summed E-state index contributed by atoms with van der Waals surface area (Å²) in [6.07, 6.45) is 2.66. The van der Waals surface area contributed by atoms with Crippen LogP contribution in [0.15, 0.2) is 81.2 Å². The number of ether oxygens (including phenoxy) is 2. The van der Waals surface area contributed by atoms with Crippen LogP contribution in [-0.4, -0.2) is 24.1 Å². The number of benzene rings is 3. The van der Waals surface area contributed by atoms with Gasteiger partial charge in [-0.05, 0) is 66.4 Å². The molecule has 0 amide bonds. The molecule has 6 heteroatoms.